The predicted octanol–water partition coefficient (Wildman–Crippen LogP) is 5.42. The number of aryl methyl sites for hydroxylation is 1. The van der Waals surface area contributed by atoms with Gasteiger partial charge in [0.2, 0.25) is 5.91 Å². The van der Waals surface area contributed by atoms with Gasteiger partial charge in [-0.2, -0.15) is 0 Å². The van der Waals surface area contributed by atoms with Crippen LogP contribution in [0.1, 0.15) is 83.1 Å². The Bertz CT molecular complexity index is 1060. The van der Waals surface area contributed by atoms with Crippen molar-refractivity contribution in [3.63, 3.8) is 0 Å². The third kappa shape index (κ3) is 8.18. The van der Waals surface area contributed by atoms with Crippen LogP contribution >= 0.6 is 0 Å². The molecule has 1 aromatic heterocycles. The van der Waals surface area contributed by atoms with Gasteiger partial charge in [0.1, 0.15) is 11.8 Å². The Labute approximate surface area is 227 Å². The van der Waals surface area contributed by atoms with Gasteiger partial charge in [0.05, 0.1) is 23.9 Å². The Hall–Kier alpha value is -2.64. The van der Waals surface area contributed by atoms with E-state index in [-0.39, 0.29) is 29.3 Å². The molecule has 7 nitrogen and oxygen atoms in total. The largest absolute Gasteiger partial charge is 0.454 e. The van der Waals surface area contributed by atoms with Crippen molar-refractivity contribution in [1.82, 2.24) is 9.88 Å². The van der Waals surface area contributed by atoms with E-state index >= 15 is 0 Å². The lowest BCUT2D eigenvalue weighted by Crippen LogP contribution is -2.43. The topological polar surface area (TPSA) is 82.1 Å². The Morgan fingerprint density at radius 1 is 1.24 bits per heavy atom. The molecular formula is C31H44N2O5. The summed E-state index contributed by atoms with van der Waals surface area (Å²) in [4.78, 5) is 24.6. The molecule has 7 heteroatoms. The van der Waals surface area contributed by atoms with Gasteiger partial charge in [0.15, 0.2) is 0 Å². The lowest BCUT2D eigenvalue weighted by atomic mass is 9.83. The van der Waals surface area contributed by atoms with Crippen molar-refractivity contribution in [2.24, 2.45) is 13.0 Å². The number of esters is 1. The average Bonchev–Trinajstić information content (AvgIpc) is 3.43. The molecule has 1 saturated carbocycles. The molecule has 3 aliphatic rings. The minimum absolute atomic E-state index is 0.0471. The molecule has 4 rings (SSSR count). The summed E-state index contributed by atoms with van der Waals surface area (Å²) in [6, 6.07) is 3.69. The summed E-state index contributed by atoms with van der Waals surface area (Å²) in [6.45, 7) is 9.07. The molecule has 0 radical (unpaired) electrons. The van der Waals surface area contributed by atoms with Crippen LogP contribution in [0, 0.1) is 5.92 Å². The number of nitrogens with zero attached hydrogens (tertiary/aromatic N) is 1. The zero-order valence-electron chi connectivity index (χ0n) is 23.6. The Balaban J connectivity index is 1.14. The second-order valence-electron chi connectivity index (χ2n) is 12.0. The van der Waals surface area contributed by atoms with Gasteiger partial charge in [-0.1, -0.05) is 23.8 Å². The normalized spacial score (nSPS) is 30.0. The SMILES string of the molecule is CC(/C=C/[C@@H]1C[C@]2(CO2)CC(C)(C)O1)=C\CC1CCC(NC(=O)/C=C\[C@H](C)OC(=O)c2cccn2C)CC1. The summed E-state index contributed by atoms with van der Waals surface area (Å²) in [7, 11) is 1.79. The number of aromatic nitrogens is 1. The van der Waals surface area contributed by atoms with Gasteiger partial charge in [-0.15, -0.1) is 0 Å². The second kappa shape index (κ2) is 12.0. The molecule has 1 aliphatic carbocycles. The number of epoxide rings is 1. The van der Waals surface area contributed by atoms with Crippen LogP contribution in [0.15, 0.2) is 54.3 Å². The molecular weight excluding hydrogens is 480 g/mol. The number of ether oxygens (including phenoxy) is 3. The number of amides is 1. The number of carbonyl (C=O) groups excluding carboxylic acids is 2. The van der Waals surface area contributed by atoms with E-state index in [1.54, 1.807) is 42.9 Å². The van der Waals surface area contributed by atoms with Gasteiger partial charge in [-0.05, 0) is 83.9 Å². The minimum Gasteiger partial charge on any atom is -0.454 e. The lowest BCUT2D eigenvalue weighted by Gasteiger charge is -2.38. The van der Waals surface area contributed by atoms with E-state index in [0.29, 0.717) is 11.6 Å². The number of hydrogen-bond donors (Lipinski definition) is 1. The van der Waals surface area contributed by atoms with Gasteiger partial charge >= 0.3 is 5.97 Å². The van der Waals surface area contributed by atoms with Crippen molar-refractivity contribution >= 4 is 11.9 Å². The maximum absolute atomic E-state index is 12.4. The fourth-order valence-corrected chi connectivity index (χ4v) is 5.77. The highest BCUT2D eigenvalue weighted by Crippen LogP contribution is 2.46. The fourth-order valence-electron chi connectivity index (χ4n) is 5.77. The van der Waals surface area contributed by atoms with Crippen LogP contribution in [0.5, 0.6) is 0 Å². The molecule has 2 saturated heterocycles. The first-order chi connectivity index (χ1) is 18.0. The number of hydrogen-bond acceptors (Lipinski definition) is 5. The van der Waals surface area contributed by atoms with E-state index in [1.165, 1.54) is 11.6 Å². The summed E-state index contributed by atoms with van der Waals surface area (Å²) < 4.78 is 19.1. The van der Waals surface area contributed by atoms with E-state index in [9.17, 15) is 9.59 Å². The zero-order valence-corrected chi connectivity index (χ0v) is 23.6. The van der Waals surface area contributed by atoms with Crippen molar-refractivity contribution in [2.45, 2.75) is 102 Å². The van der Waals surface area contributed by atoms with Crippen molar-refractivity contribution < 1.29 is 23.8 Å². The molecule has 1 N–H and O–H groups in total. The summed E-state index contributed by atoms with van der Waals surface area (Å²) >= 11 is 0. The standard InChI is InChI=1S/C31H44N2O5/c1-22(9-16-26-19-31(21-36-31)20-30(3,4)38-26)8-11-24-12-14-25(15-13-24)32-28(34)17-10-23(2)37-29(35)27-7-6-18-33(27)5/h6-10,16-18,23-26H,11-15,19-21H2,1-5H3,(H,32,34)/b16-9+,17-10-,22-8+/t23-,24?,25?,26+,31+/m0/s1. The molecule has 2 aliphatic heterocycles. The number of nitrogens with one attached hydrogen (secondary N) is 1. The van der Waals surface area contributed by atoms with Crippen LogP contribution in [0.4, 0.5) is 0 Å². The van der Waals surface area contributed by atoms with Crippen LogP contribution in [-0.2, 0) is 26.1 Å². The third-order valence-corrected chi connectivity index (χ3v) is 7.85. The van der Waals surface area contributed by atoms with E-state index in [1.807, 2.05) is 0 Å². The first-order valence-corrected chi connectivity index (χ1v) is 14.0. The minimum atomic E-state index is -0.484. The highest BCUT2D eigenvalue weighted by molar-refractivity contribution is 5.89. The molecule has 0 aromatic carbocycles. The van der Waals surface area contributed by atoms with Gasteiger partial charge in [-0.3, -0.25) is 4.79 Å². The molecule has 3 fully saturated rings. The Morgan fingerprint density at radius 2 is 1.97 bits per heavy atom. The zero-order chi connectivity index (χ0) is 27.3. The molecule has 1 spiro atoms. The summed E-state index contributed by atoms with van der Waals surface area (Å²) in [6.07, 6.45) is 18.4. The number of allylic oxidation sites excluding steroid dienone is 3. The molecule has 1 aromatic rings. The molecule has 0 bridgehead atoms. The highest BCUT2D eigenvalue weighted by Gasteiger charge is 2.53. The molecule has 3 atom stereocenters. The highest BCUT2D eigenvalue weighted by atomic mass is 16.6. The Kier molecular flexibility index (Phi) is 8.99. The van der Waals surface area contributed by atoms with Crippen LogP contribution in [0.25, 0.3) is 0 Å². The summed E-state index contributed by atoms with van der Waals surface area (Å²) in [5.41, 5.74) is 1.66. The van der Waals surface area contributed by atoms with Crippen molar-refractivity contribution in [3.8, 4) is 0 Å². The summed E-state index contributed by atoms with van der Waals surface area (Å²) in [5, 5.41) is 3.10. The van der Waals surface area contributed by atoms with Gasteiger partial charge in [-0.25, -0.2) is 4.79 Å². The number of carbonyl (C=O) groups is 2. The van der Waals surface area contributed by atoms with Crippen LogP contribution in [0.3, 0.4) is 0 Å². The van der Waals surface area contributed by atoms with Gasteiger partial charge in [0.25, 0.3) is 0 Å². The van der Waals surface area contributed by atoms with E-state index in [2.05, 4.69) is 44.3 Å². The van der Waals surface area contributed by atoms with Crippen LogP contribution < -0.4 is 5.32 Å². The van der Waals surface area contributed by atoms with E-state index in [0.717, 1.165) is 51.6 Å². The van der Waals surface area contributed by atoms with Gasteiger partial charge in [0, 0.05) is 38.2 Å². The van der Waals surface area contributed by atoms with Crippen LogP contribution in [0.2, 0.25) is 0 Å². The maximum Gasteiger partial charge on any atom is 0.355 e. The smallest absolute Gasteiger partial charge is 0.355 e. The molecule has 3 heterocycles. The molecule has 38 heavy (non-hydrogen) atoms. The maximum atomic E-state index is 12.4. The van der Waals surface area contributed by atoms with E-state index in [4.69, 9.17) is 14.2 Å². The van der Waals surface area contributed by atoms with Gasteiger partial charge < -0.3 is 24.1 Å². The molecule has 1 amide bonds. The first-order valence-electron chi connectivity index (χ1n) is 14.0. The summed E-state index contributed by atoms with van der Waals surface area (Å²) in [5.74, 6) is 0.107. The third-order valence-electron chi connectivity index (χ3n) is 7.85. The quantitative estimate of drug-likeness (QED) is 0.202. The molecule has 0 unspecified atom stereocenters. The van der Waals surface area contributed by atoms with Crippen molar-refractivity contribution in [3.05, 3.63) is 60.0 Å². The Morgan fingerprint density at radius 3 is 2.63 bits per heavy atom. The monoisotopic (exact) mass is 524 g/mol. The van der Waals surface area contributed by atoms with E-state index < -0.39 is 12.1 Å². The fraction of sp³-hybridized carbons (Fsp3) is 0.613. The lowest BCUT2D eigenvalue weighted by molar-refractivity contribution is -0.117. The average molecular weight is 525 g/mol. The van der Waals surface area contributed by atoms with Crippen molar-refractivity contribution in [2.75, 3.05) is 6.61 Å². The number of rotatable bonds is 9. The second-order valence-corrected chi connectivity index (χ2v) is 12.0. The first kappa shape index (κ1) is 28.4. The van der Waals surface area contributed by atoms with Crippen molar-refractivity contribution in [1.29, 1.82) is 0 Å². The molecule has 208 valence electrons. The predicted molar refractivity (Wildman–Crippen MR) is 148 cm³/mol. The van der Waals surface area contributed by atoms with Crippen LogP contribution in [-0.4, -0.2) is 52.5 Å².